The van der Waals surface area contributed by atoms with Crippen molar-refractivity contribution < 1.29 is 0 Å². The third kappa shape index (κ3) is 2.70. The zero-order chi connectivity index (χ0) is 13.2. The number of nitrogens with one attached hydrogen (secondary N) is 1. The Morgan fingerprint density at radius 1 is 1.32 bits per heavy atom. The van der Waals surface area contributed by atoms with Crippen molar-refractivity contribution in [3.63, 3.8) is 0 Å². The second-order valence-corrected chi connectivity index (χ2v) is 6.23. The minimum Gasteiger partial charge on any atom is -0.316 e. The molecule has 0 aliphatic carbocycles. The number of hydrogen-bond acceptors (Lipinski definition) is 3. The van der Waals surface area contributed by atoms with Crippen molar-refractivity contribution in [1.82, 2.24) is 20.0 Å². The van der Waals surface area contributed by atoms with Crippen LogP contribution in [0.2, 0.25) is 0 Å². The summed E-state index contributed by atoms with van der Waals surface area (Å²) in [6, 6.07) is 0.573. The highest BCUT2D eigenvalue weighted by Gasteiger charge is 2.24. The van der Waals surface area contributed by atoms with Crippen LogP contribution in [-0.2, 0) is 0 Å². The maximum absolute atomic E-state index is 4.71. The van der Waals surface area contributed by atoms with E-state index in [2.05, 4.69) is 35.1 Å². The molecule has 0 aromatic carbocycles. The van der Waals surface area contributed by atoms with E-state index in [1.54, 1.807) is 0 Å². The topological polar surface area (TPSA) is 33.1 Å². The number of rotatable bonds is 2. The zero-order valence-electron chi connectivity index (χ0n) is 12.2. The molecule has 0 amide bonds. The van der Waals surface area contributed by atoms with E-state index in [0.717, 1.165) is 13.1 Å². The summed E-state index contributed by atoms with van der Waals surface area (Å²) in [4.78, 5) is 2.43. The molecular formula is C15H26N4. The summed E-state index contributed by atoms with van der Waals surface area (Å²) in [6.07, 6.45) is 7.29. The van der Waals surface area contributed by atoms with Crippen molar-refractivity contribution in [3.8, 4) is 0 Å². The SMILES string of the molecule is Cc1c(C2CCCNC2)cnn1C1CCCN(C)C1. The Morgan fingerprint density at radius 3 is 2.95 bits per heavy atom. The third-order valence-electron chi connectivity index (χ3n) is 4.76. The first-order chi connectivity index (χ1) is 9.25. The van der Waals surface area contributed by atoms with Gasteiger partial charge in [0.05, 0.1) is 12.2 Å². The summed E-state index contributed by atoms with van der Waals surface area (Å²) < 4.78 is 2.29. The molecule has 0 bridgehead atoms. The van der Waals surface area contributed by atoms with Crippen molar-refractivity contribution in [2.24, 2.45) is 0 Å². The van der Waals surface area contributed by atoms with Gasteiger partial charge in [-0.05, 0) is 64.2 Å². The Balaban J connectivity index is 1.77. The molecule has 1 aromatic rings. The number of hydrogen-bond donors (Lipinski definition) is 1. The van der Waals surface area contributed by atoms with Crippen molar-refractivity contribution in [1.29, 1.82) is 0 Å². The number of likely N-dealkylation sites (tertiary alicyclic amines) is 1. The quantitative estimate of drug-likeness (QED) is 0.884. The smallest absolute Gasteiger partial charge is 0.0649 e. The first-order valence-electron chi connectivity index (χ1n) is 7.69. The van der Waals surface area contributed by atoms with Crippen LogP contribution in [-0.4, -0.2) is 47.9 Å². The molecule has 2 atom stereocenters. The summed E-state index contributed by atoms with van der Waals surface area (Å²) in [6.45, 7) is 6.93. The summed E-state index contributed by atoms with van der Waals surface area (Å²) in [5.74, 6) is 0.670. The standard InChI is InChI=1S/C15H26N4/c1-12-15(13-5-3-7-16-9-13)10-17-19(12)14-6-4-8-18(2)11-14/h10,13-14,16H,3-9,11H2,1-2H3. The van der Waals surface area contributed by atoms with Crippen LogP contribution in [0.1, 0.15) is 48.9 Å². The lowest BCUT2D eigenvalue weighted by Crippen LogP contribution is -2.34. The normalized spacial score (nSPS) is 29.6. The lowest BCUT2D eigenvalue weighted by atomic mass is 9.92. The maximum atomic E-state index is 4.71. The van der Waals surface area contributed by atoms with Gasteiger partial charge in [0, 0.05) is 18.8 Å². The molecule has 0 saturated carbocycles. The summed E-state index contributed by atoms with van der Waals surface area (Å²) in [7, 11) is 2.22. The Hall–Kier alpha value is -0.870. The molecule has 1 N–H and O–H groups in total. The first kappa shape index (κ1) is 13.1. The van der Waals surface area contributed by atoms with Gasteiger partial charge in [0.1, 0.15) is 0 Å². The van der Waals surface area contributed by atoms with Gasteiger partial charge in [0.25, 0.3) is 0 Å². The molecule has 3 heterocycles. The van der Waals surface area contributed by atoms with Crippen LogP contribution in [0.3, 0.4) is 0 Å². The monoisotopic (exact) mass is 262 g/mol. The van der Waals surface area contributed by atoms with Gasteiger partial charge in [-0.15, -0.1) is 0 Å². The lowest BCUT2D eigenvalue weighted by Gasteiger charge is -2.31. The average molecular weight is 262 g/mol. The van der Waals surface area contributed by atoms with E-state index >= 15 is 0 Å². The zero-order valence-corrected chi connectivity index (χ0v) is 12.2. The van der Waals surface area contributed by atoms with Gasteiger partial charge >= 0.3 is 0 Å². The molecule has 2 aliphatic rings. The predicted octanol–water partition coefficient (Wildman–Crippen LogP) is 1.93. The van der Waals surface area contributed by atoms with Crippen molar-refractivity contribution >= 4 is 0 Å². The molecule has 1 aromatic heterocycles. The molecule has 2 saturated heterocycles. The molecule has 4 nitrogen and oxygen atoms in total. The largest absolute Gasteiger partial charge is 0.316 e. The molecule has 3 rings (SSSR count). The fraction of sp³-hybridized carbons (Fsp3) is 0.800. The lowest BCUT2D eigenvalue weighted by molar-refractivity contribution is 0.200. The first-order valence-corrected chi connectivity index (χ1v) is 7.69. The highest BCUT2D eigenvalue weighted by Crippen LogP contribution is 2.29. The molecule has 2 aliphatic heterocycles. The summed E-state index contributed by atoms with van der Waals surface area (Å²) >= 11 is 0. The van der Waals surface area contributed by atoms with E-state index in [-0.39, 0.29) is 0 Å². The minimum absolute atomic E-state index is 0.573. The Labute approximate surface area is 116 Å². The number of piperidine rings is 2. The van der Waals surface area contributed by atoms with E-state index < -0.39 is 0 Å². The van der Waals surface area contributed by atoms with Gasteiger partial charge in [0.15, 0.2) is 0 Å². The van der Waals surface area contributed by atoms with Crippen LogP contribution in [0, 0.1) is 6.92 Å². The van der Waals surface area contributed by atoms with E-state index in [9.17, 15) is 0 Å². The van der Waals surface area contributed by atoms with Crippen LogP contribution < -0.4 is 5.32 Å². The predicted molar refractivity (Wildman–Crippen MR) is 77.6 cm³/mol. The third-order valence-corrected chi connectivity index (χ3v) is 4.76. The Morgan fingerprint density at radius 2 is 2.21 bits per heavy atom. The highest BCUT2D eigenvalue weighted by molar-refractivity contribution is 5.23. The second kappa shape index (κ2) is 5.63. The maximum Gasteiger partial charge on any atom is 0.0649 e. The Kier molecular flexibility index (Phi) is 3.89. The average Bonchev–Trinajstić information content (AvgIpc) is 2.81. The van der Waals surface area contributed by atoms with Crippen molar-refractivity contribution in [2.75, 3.05) is 33.2 Å². The van der Waals surface area contributed by atoms with Crippen LogP contribution in [0.15, 0.2) is 6.20 Å². The molecule has 19 heavy (non-hydrogen) atoms. The number of nitrogens with zero attached hydrogens (tertiary/aromatic N) is 3. The fourth-order valence-electron chi connectivity index (χ4n) is 3.66. The van der Waals surface area contributed by atoms with Gasteiger partial charge in [-0.3, -0.25) is 4.68 Å². The molecule has 4 heteroatoms. The summed E-state index contributed by atoms with van der Waals surface area (Å²) in [5.41, 5.74) is 2.87. The highest BCUT2D eigenvalue weighted by atomic mass is 15.3. The van der Waals surface area contributed by atoms with Crippen LogP contribution >= 0.6 is 0 Å². The molecule has 0 radical (unpaired) electrons. The minimum atomic E-state index is 0.573. The van der Waals surface area contributed by atoms with Crippen molar-refractivity contribution in [3.05, 3.63) is 17.5 Å². The summed E-state index contributed by atoms with van der Waals surface area (Å²) in [5, 5.41) is 8.22. The van der Waals surface area contributed by atoms with Crippen LogP contribution in [0.25, 0.3) is 0 Å². The Bertz CT molecular complexity index is 420. The van der Waals surface area contributed by atoms with Gasteiger partial charge in [-0.25, -0.2) is 0 Å². The molecule has 106 valence electrons. The van der Waals surface area contributed by atoms with Gasteiger partial charge in [-0.2, -0.15) is 5.10 Å². The van der Waals surface area contributed by atoms with Crippen molar-refractivity contribution in [2.45, 2.75) is 44.6 Å². The number of aromatic nitrogens is 2. The molecular weight excluding hydrogens is 236 g/mol. The molecule has 2 unspecified atom stereocenters. The molecule has 0 spiro atoms. The van der Waals surface area contributed by atoms with Crippen LogP contribution in [0.5, 0.6) is 0 Å². The van der Waals surface area contributed by atoms with Gasteiger partial charge in [0.2, 0.25) is 0 Å². The van der Waals surface area contributed by atoms with E-state index in [0.29, 0.717) is 12.0 Å². The van der Waals surface area contributed by atoms with E-state index in [4.69, 9.17) is 5.10 Å². The van der Waals surface area contributed by atoms with Gasteiger partial charge in [-0.1, -0.05) is 0 Å². The fourth-order valence-corrected chi connectivity index (χ4v) is 3.66. The van der Waals surface area contributed by atoms with Gasteiger partial charge < -0.3 is 10.2 Å². The van der Waals surface area contributed by atoms with E-state index in [1.165, 1.54) is 50.0 Å². The molecule has 2 fully saturated rings. The number of likely N-dealkylation sites (N-methyl/N-ethyl adjacent to an activating group) is 1. The van der Waals surface area contributed by atoms with E-state index in [1.807, 2.05) is 0 Å². The second-order valence-electron chi connectivity index (χ2n) is 6.23. The van der Waals surface area contributed by atoms with Crippen LogP contribution in [0.4, 0.5) is 0 Å².